The van der Waals surface area contributed by atoms with Gasteiger partial charge in [0.05, 0.1) is 0 Å². The van der Waals surface area contributed by atoms with Crippen molar-refractivity contribution in [2.24, 2.45) is 5.92 Å². The predicted octanol–water partition coefficient (Wildman–Crippen LogP) is 6.43. The van der Waals surface area contributed by atoms with Gasteiger partial charge in [-0.3, -0.25) is 0 Å². The lowest BCUT2D eigenvalue weighted by atomic mass is 9.85. The molecule has 0 aromatic heterocycles. The van der Waals surface area contributed by atoms with Crippen LogP contribution in [0.2, 0.25) is 10.0 Å². The Kier molecular flexibility index (Phi) is 8.61. The summed E-state index contributed by atoms with van der Waals surface area (Å²) in [6, 6.07) is 13.4. The number of ether oxygens (including phenoxy) is 1. The predicted molar refractivity (Wildman–Crippen MR) is 122 cm³/mol. The Hall–Kier alpha value is -2.24. The van der Waals surface area contributed by atoms with Crippen LogP contribution < -0.4 is 5.32 Å². The molecular formula is C24H27Cl2NO4. The molecular weight excluding hydrogens is 437 g/mol. The molecule has 31 heavy (non-hydrogen) atoms. The third-order valence-corrected chi connectivity index (χ3v) is 6.13. The maximum atomic E-state index is 12.7. The average molecular weight is 464 g/mol. The van der Waals surface area contributed by atoms with Gasteiger partial charge in [0, 0.05) is 16.5 Å². The maximum absolute atomic E-state index is 12.7. The first kappa shape index (κ1) is 23.4. The van der Waals surface area contributed by atoms with E-state index in [1.807, 2.05) is 24.3 Å². The van der Waals surface area contributed by atoms with Gasteiger partial charge in [-0.05, 0) is 47.7 Å². The molecule has 0 saturated heterocycles. The highest BCUT2D eigenvalue weighted by Crippen LogP contribution is 2.28. The van der Waals surface area contributed by atoms with E-state index in [9.17, 15) is 14.7 Å². The van der Waals surface area contributed by atoms with Crippen LogP contribution in [0.15, 0.2) is 48.5 Å². The molecule has 166 valence electrons. The summed E-state index contributed by atoms with van der Waals surface area (Å²) >= 11 is 12.2. The maximum Gasteiger partial charge on any atom is 0.408 e. The van der Waals surface area contributed by atoms with Crippen molar-refractivity contribution in [2.75, 3.05) is 0 Å². The van der Waals surface area contributed by atoms with Crippen molar-refractivity contribution in [3.8, 4) is 0 Å². The van der Waals surface area contributed by atoms with Crippen LogP contribution in [-0.2, 0) is 16.0 Å². The lowest BCUT2D eigenvalue weighted by Gasteiger charge is -2.26. The van der Waals surface area contributed by atoms with Gasteiger partial charge in [-0.2, -0.15) is 0 Å². The number of benzene rings is 2. The molecule has 1 aliphatic rings. The number of carbonyl (C=O) groups excluding carboxylic acids is 1. The molecule has 0 heterocycles. The van der Waals surface area contributed by atoms with Gasteiger partial charge in [0.25, 0.3) is 0 Å². The molecule has 0 aliphatic heterocycles. The lowest BCUT2D eigenvalue weighted by Crippen LogP contribution is -2.43. The van der Waals surface area contributed by atoms with Crippen molar-refractivity contribution < 1.29 is 19.4 Å². The summed E-state index contributed by atoms with van der Waals surface area (Å²) in [5.41, 5.74) is 1.61. The van der Waals surface area contributed by atoms with E-state index >= 15 is 0 Å². The van der Waals surface area contributed by atoms with Crippen LogP contribution in [0, 0.1) is 5.92 Å². The van der Waals surface area contributed by atoms with Crippen LogP contribution in [0.5, 0.6) is 0 Å². The Morgan fingerprint density at radius 1 is 1.03 bits per heavy atom. The molecule has 0 radical (unpaired) electrons. The van der Waals surface area contributed by atoms with Crippen molar-refractivity contribution in [2.45, 2.75) is 57.1 Å². The molecule has 1 amide bonds. The lowest BCUT2D eigenvalue weighted by molar-refractivity contribution is -0.140. The van der Waals surface area contributed by atoms with Gasteiger partial charge < -0.3 is 15.2 Å². The summed E-state index contributed by atoms with van der Waals surface area (Å²) in [6.07, 6.45) is 4.82. The van der Waals surface area contributed by atoms with Gasteiger partial charge in [-0.15, -0.1) is 0 Å². The topological polar surface area (TPSA) is 75.6 Å². The SMILES string of the molecule is O=C(NC(CC1CCCCC1)C(=O)O)OC(Cc1cccc(Cl)c1)c1cccc(Cl)c1. The van der Waals surface area contributed by atoms with E-state index in [4.69, 9.17) is 27.9 Å². The molecule has 7 heteroatoms. The van der Waals surface area contributed by atoms with E-state index < -0.39 is 24.2 Å². The van der Waals surface area contributed by atoms with Crippen LogP contribution in [-0.4, -0.2) is 23.2 Å². The Bertz CT molecular complexity index is 899. The first-order valence-electron chi connectivity index (χ1n) is 10.6. The van der Waals surface area contributed by atoms with Crippen LogP contribution in [0.3, 0.4) is 0 Å². The molecule has 2 unspecified atom stereocenters. The number of aliphatic carboxylic acids is 1. The fraction of sp³-hybridized carbons (Fsp3) is 0.417. The third kappa shape index (κ3) is 7.44. The summed E-state index contributed by atoms with van der Waals surface area (Å²) in [6.45, 7) is 0. The Morgan fingerprint density at radius 3 is 2.35 bits per heavy atom. The van der Waals surface area contributed by atoms with Crippen LogP contribution in [0.1, 0.15) is 55.8 Å². The van der Waals surface area contributed by atoms with Crippen molar-refractivity contribution in [1.82, 2.24) is 5.32 Å². The Balaban J connectivity index is 1.71. The quantitative estimate of drug-likeness (QED) is 0.472. The second-order valence-corrected chi connectivity index (χ2v) is 8.93. The van der Waals surface area contributed by atoms with E-state index in [0.29, 0.717) is 28.8 Å². The van der Waals surface area contributed by atoms with E-state index in [1.54, 1.807) is 24.3 Å². The van der Waals surface area contributed by atoms with Gasteiger partial charge in [-0.25, -0.2) is 9.59 Å². The van der Waals surface area contributed by atoms with E-state index in [0.717, 1.165) is 36.8 Å². The number of rotatable bonds is 8. The minimum absolute atomic E-state index is 0.310. The fourth-order valence-corrected chi connectivity index (χ4v) is 4.51. The zero-order valence-electron chi connectivity index (χ0n) is 17.2. The van der Waals surface area contributed by atoms with Gasteiger partial charge in [0.1, 0.15) is 12.1 Å². The minimum atomic E-state index is -1.04. The molecule has 1 fully saturated rings. The van der Waals surface area contributed by atoms with Gasteiger partial charge in [-0.1, -0.05) is 79.6 Å². The van der Waals surface area contributed by atoms with Gasteiger partial charge in [0.2, 0.25) is 0 Å². The number of carbonyl (C=O) groups is 2. The number of amides is 1. The summed E-state index contributed by atoms with van der Waals surface area (Å²) in [4.78, 5) is 24.4. The first-order chi connectivity index (χ1) is 14.9. The molecule has 2 aromatic rings. The first-order valence-corrected chi connectivity index (χ1v) is 11.4. The summed E-state index contributed by atoms with van der Waals surface area (Å²) < 4.78 is 5.69. The standard InChI is InChI=1S/C24H27Cl2NO4/c25-19-10-4-8-17(12-19)14-22(18-9-5-11-20(26)15-18)31-24(30)27-21(23(28)29)13-16-6-2-1-3-7-16/h4-5,8-12,15-16,21-22H,1-3,6-7,13-14H2,(H,27,30)(H,28,29). The molecule has 2 atom stereocenters. The van der Waals surface area contributed by atoms with Crippen molar-refractivity contribution >= 4 is 35.3 Å². The molecule has 0 bridgehead atoms. The fourth-order valence-electron chi connectivity index (χ4n) is 4.10. The van der Waals surface area contributed by atoms with Crippen molar-refractivity contribution in [3.05, 3.63) is 69.7 Å². The summed E-state index contributed by atoms with van der Waals surface area (Å²) in [5, 5.41) is 13.3. The highest BCUT2D eigenvalue weighted by Gasteiger charge is 2.27. The average Bonchev–Trinajstić information content (AvgIpc) is 2.73. The molecule has 1 saturated carbocycles. The van der Waals surface area contributed by atoms with Crippen LogP contribution in [0.4, 0.5) is 4.79 Å². The van der Waals surface area contributed by atoms with Crippen LogP contribution in [0.25, 0.3) is 0 Å². The monoisotopic (exact) mass is 463 g/mol. The molecule has 3 rings (SSSR count). The number of nitrogens with one attached hydrogen (secondary N) is 1. The number of hydrogen-bond donors (Lipinski definition) is 2. The normalized spacial score (nSPS) is 16.3. The third-order valence-electron chi connectivity index (χ3n) is 5.66. The van der Waals surface area contributed by atoms with Gasteiger partial charge in [0.15, 0.2) is 0 Å². The summed E-state index contributed by atoms with van der Waals surface area (Å²) in [7, 11) is 0. The van der Waals surface area contributed by atoms with Crippen molar-refractivity contribution in [1.29, 1.82) is 0 Å². The number of alkyl carbamates (subject to hydrolysis) is 1. The molecule has 1 aliphatic carbocycles. The Labute approximate surface area is 192 Å². The number of hydrogen-bond acceptors (Lipinski definition) is 3. The van der Waals surface area contributed by atoms with Gasteiger partial charge >= 0.3 is 12.1 Å². The highest BCUT2D eigenvalue weighted by atomic mass is 35.5. The largest absolute Gasteiger partial charge is 0.480 e. The molecule has 2 aromatic carbocycles. The highest BCUT2D eigenvalue weighted by molar-refractivity contribution is 6.30. The molecule has 2 N–H and O–H groups in total. The second kappa shape index (κ2) is 11.4. The Morgan fingerprint density at radius 2 is 1.71 bits per heavy atom. The van der Waals surface area contributed by atoms with E-state index in [-0.39, 0.29) is 0 Å². The number of carboxylic acids is 1. The number of carboxylic acid groups (broad SMARTS) is 1. The zero-order chi connectivity index (χ0) is 22.2. The second-order valence-electron chi connectivity index (χ2n) is 8.06. The van der Waals surface area contributed by atoms with E-state index in [2.05, 4.69) is 5.32 Å². The zero-order valence-corrected chi connectivity index (χ0v) is 18.7. The molecule has 5 nitrogen and oxygen atoms in total. The van der Waals surface area contributed by atoms with Crippen molar-refractivity contribution in [3.63, 3.8) is 0 Å². The number of halogens is 2. The van der Waals surface area contributed by atoms with Crippen LogP contribution >= 0.6 is 23.2 Å². The summed E-state index contributed by atoms with van der Waals surface area (Å²) in [5.74, 6) is -0.734. The van der Waals surface area contributed by atoms with E-state index in [1.165, 1.54) is 6.42 Å². The molecule has 0 spiro atoms. The minimum Gasteiger partial charge on any atom is -0.480 e. The smallest absolute Gasteiger partial charge is 0.408 e.